The van der Waals surface area contributed by atoms with Crippen LogP contribution in [0.25, 0.3) is 6.08 Å². The largest absolute Gasteiger partial charge is 0.497 e. The number of benzene rings is 1. The van der Waals surface area contributed by atoms with Gasteiger partial charge in [-0.25, -0.2) is 4.39 Å². The third kappa shape index (κ3) is 3.07. The molecule has 1 aromatic carbocycles. The molecule has 0 radical (unpaired) electrons. The van der Waals surface area contributed by atoms with Crippen LogP contribution in [0.1, 0.15) is 12.0 Å². The monoisotopic (exact) mass is 212 g/mol. The quantitative estimate of drug-likeness (QED) is 0.754. The molecule has 0 aliphatic carbocycles. The lowest BCUT2D eigenvalue weighted by Gasteiger charge is -2.01. The maximum Gasteiger partial charge on any atom is 0.134 e. The van der Waals surface area contributed by atoms with Crippen LogP contribution in [0.2, 0.25) is 0 Å². The molecule has 14 heavy (non-hydrogen) atoms. The maximum atomic E-state index is 13.3. The summed E-state index contributed by atoms with van der Waals surface area (Å²) >= 11 is 4.06. The first kappa shape index (κ1) is 11.1. The second-order valence-corrected chi connectivity index (χ2v) is 3.25. The van der Waals surface area contributed by atoms with Crippen molar-refractivity contribution in [3.05, 3.63) is 35.7 Å². The van der Waals surface area contributed by atoms with Crippen LogP contribution in [-0.4, -0.2) is 12.9 Å². The van der Waals surface area contributed by atoms with Crippen molar-refractivity contribution in [2.75, 3.05) is 12.9 Å². The van der Waals surface area contributed by atoms with Crippen LogP contribution in [0.5, 0.6) is 5.75 Å². The molecule has 1 aromatic rings. The van der Waals surface area contributed by atoms with Crippen molar-refractivity contribution in [2.24, 2.45) is 0 Å². The molecule has 0 spiro atoms. The van der Waals surface area contributed by atoms with Crippen molar-refractivity contribution in [3.63, 3.8) is 0 Å². The van der Waals surface area contributed by atoms with Crippen LogP contribution in [0, 0.1) is 5.82 Å². The Bertz CT molecular complexity index is 323. The fraction of sp³-hybridized carbons (Fsp3) is 0.273. The molecule has 0 unspecified atom stereocenters. The summed E-state index contributed by atoms with van der Waals surface area (Å²) < 4.78 is 18.2. The minimum absolute atomic E-state index is 0.264. The third-order valence-corrected chi connectivity index (χ3v) is 2.06. The predicted molar refractivity (Wildman–Crippen MR) is 60.5 cm³/mol. The topological polar surface area (TPSA) is 9.23 Å². The van der Waals surface area contributed by atoms with E-state index in [1.165, 1.54) is 13.2 Å². The first-order chi connectivity index (χ1) is 6.77. The Morgan fingerprint density at radius 2 is 2.29 bits per heavy atom. The number of hydrogen-bond donors (Lipinski definition) is 1. The normalized spacial score (nSPS) is 10.8. The van der Waals surface area contributed by atoms with Gasteiger partial charge in [-0.15, -0.1) is 0 Å². The zero-order valence-electron chi connectivity index (χ0n) is 8.03. The van der Waals surface area contributed by atoms with Crippen LogP contribution >= 0.6 is 12.6 Å². The molecule has 0 N–H and O–H groups in total. The Kier molecular flexibility index (Phi) is 4.53. The van der Waals surface area contributed by atoms with E-state index >= 15 is 0 Å². The van der Waals surface area contributed by atoms with E-state index in [1.807, 2.05) is 6.08 Å². The molecule has 0 atom stereocenters. The van der Waals surface area contributed by atoms with E-state index in [9.17, 15) is 4.39 Å². The van der Waals surface area contributed by atoms with Crippen molar-refractivity contribution in [1.29, 1.82) is 0 Å². The van der Waals surface area contributed by atoms with Gasteiger partial charge in [-0.05, 0) is 24.3 Å². The summed E-state index contributed by atoms with van der Waals surface area (Å²) in [6, 6.07) is 4.81. The van der Waals surface area contributed by atoms with Gasteiger partial charge < -0.3 is 4.74 Å². The van der Waals surface area contributed by atoms with Crippen LogP contribution in [0.15, 0.2) is 24.3 Å². The molecule has 0 aliphatic heterocycles. The van der Waals surface area contributed by atoms with Crippen LogP contribution in [0.3, 0.4) is 0 Å². The fourth-order valence-electron chi connectivity index (χ4n) is 1.05. The van der Waals surface area contributed by atoms with E-state index in [2.05, 4.69) is 12.6 Å². The second-order valence-electron chi connectivity index (χ2n) is 2.80. The van der Waals surface area contributed by atoms with Gasteiger partial charge in [0.05, 0.1) is 7.11 Å². The first-order valence-electron chi connectivity index (χ1n) is 4.39. The van der Waals surface area contributed by atoms with Gasteiger partial charge >= 0.3 is 0 Å². The molecule has 0 saturated carbocycles. The number of rotatable bonds is 4. The molecule has 0 heterocycles. The molecular weight excluding hydrogens is 199 g/mol. The average Bonchev–Trinajstić information content (AvgIpc) is 2.20. The average molecular weight is 212 g/mol. The SMILES string of the molecule is COc1ccc(C=CCCS)c(F)c1. The van der Waals surface area contributed by atoms with Crippen molar-refractivity contribution in [2.45, 2.75) is 6.42 Å². The zero-order valence-corrected chi connectivity index (χ0v) is 8.93. The number of methoxy groups -OCH3 is 1. The van der Waals surface area contributed by atoms with Gasteiger partial charge in [0, 0.05) is 11.6 Å². The molecular formula is C11H13FOS. The van der Waals surface area contributed by atoms with Crippen molar-refractivity contribution >= 4 is 18.7 Å². The summed E-state index contributed by atoms with van der Waals surface area (Å²) in [7, 11) is 1.52. The van der Waals surface area contributed by atoms with Gasteiger partial charge in [0.1, 0.15) is 11.6 Å². The summed E-state index contributed by atoms with van der Waals surface area (Å²) in [4.78, 5) is 0. The van der Waals surface area contributed by atoms with E-state index in [0.717, 1.165) is 12.2 Å². The number of halogens is 1. The molecule has 0 aliphatic rings. The van der Waals surface area contributed by atoms with Crippen LogP contribution < -0.4 is 4.74 Å². The van der Waals surface area contributed by atoms with E-state index in [1.54, 1.807) is 18.2 Å². The fourth-order valence-corrected chi connectivity index (χ4v) is 1.20. The summed E-state index contributed by atoms with van der Waals surface area (Å²) in [5.41, 5.74) is 0.576. The molecule has 3 heteroatoms. The lowest BCUT2D eigenvalue weighted by molar-refractivity contribution is 0.411. The number of allylic oxidation sites excluding steroid dienone is 1. The molecule has 0 fully saturated rings. The maximum absolute atomic E-state index is 13.3. The standard InChI is InChI=1S/C11H13FOS/c1-13-10-6-5-9(11(12)8-10)4-2-3-7-14/h2,4-6,8,14H,3,7H2,1H3. The summed E-state index contributed by atoms with van der Waals surface area (Å²) in [6.07, 6.45) is 4.50. The summed E-state index contributed by atoms with van der Waals surface area (Å²) in [5.74, 6) is 1.04. The van der Waals surface area contributed by atoms with Gasteiger partial charge in [-0.3, -0.25) is 0 Å². The van der Waals surface area contributed by atoms with Gasteiger partial charge in [0.15, 0.2) is 0 Å². The first-order valence-corrected chi connectivity index (χ1v) is 5.02. The van der Waals surface area contributed by atoms with Crippen molar-refractivity contribution < 1.29 is 9.13 Å². The number of thiol groups is 1. The third-order valence-electron chi connectivity index (χ3n) is 1.80. The van der Waals surface area contributed by atoms with Crippen molar-refractivity contribution in [3.8, 4) is 5.75 Å². The minimum Gasteiger partial charge on any atom is -0.497 e. The highest BCUT2D eigenvalue weighted by molar-refractivity contribution is 7.80. The van der Waals surface area contributed by atoms with Gasteiger partial charge in [-0.2, -0.15) is 12.6 Å². The van der Waals surface area contributed by atoms with E-state index in [0.29, 0.717) is 11.3 Å². The number of ether oxygens (including phenoxy) is 1. The molecule has 76 valence electrons. The van der Waals surface area contributed by atoms with Crippen LogP contribution in [-0.2, 0) is 0 Å². The Balaban J connectivity index is 2.78. The molecule has 0 aromatic heterocycles. The molecule has 0 amide bonds. The van der Waals surface area contributed by atoms with E-state index < -0.39 is 0 Å². The molecule has 0 saturated heterocycles. The highest BCUT2D eigenvalue weighted by Gasteiger charge is 1.99. The Hall–Kier alpha value is -0.960. The zero-order chi connectivity index (χ0) is 10.4. The van der Waals surface area contributed by atoms with Crippen LogP contribution in [0.4, 0.5) is 4.39 Å². The van der Waals surface area contributed by atoms with Crippen molar-refractivity contribution in [1.82, 2.24) is 0 Å². The van der Waals surface area contributed by atoms with Gasteiger partial charge in [0.25, 0.3) is 0 Å². The van der Waals surface area contributed by atoms with E-state index in [4.69, 9.17) is 4.74 Å². The lowest BCUT2D eigenvalue weighted by Crippen LogP contribution is -1.86. The molecule has 1 nitrogen and oxygen atoms in total. The minimum atomic E-state index is -0.264. The number of hydrogen-bond acceptors (Lipinski definition) is 2. The highest BCUT2D eigenvalue weighted by Crippen LogP contribution is 2.17. The predicted octanol–water partition coefficient (Wildman–Crippen LogP) is 3.17. The molecule has 1 rings (SSSR count). The Morgan fingerprint density at radius 3 is 2.86 bits per heavy atom. The van der Waals surface area contributed by atoms with Gasteiger partial charge in [0.2, 0.25) is 0 Å². The Labute approximate surface area is 89.0 Å². The highest BCUT2D eigenvalue weighted by atomic mass is 32.1. The van der Waals surface area contributed by atoms with E-state index in [-0.39, 0.29) is 5.82 Å². The Morgan fingerprint density at radius 1 is 1.50 bits per heavy atom. The summed E-state index contributed by atoms with van der Waals surface area (Å²) in [5, 5.41) is 0. The second kappa shape index (κ2) is 5.70. The summed E-state index contributed by atoms with van der Waals surface area (Å²) in [6.45, 7) is 0. The smallest absolute Gasteiger partial charge is 0.134 e. The molecule has 0 bridgehead atoms. The lowest BCUT2D eigenvalue weighted by atomic mass is 10.2. The van der Waals surface area contributed by atoms with Gasteiger partial charge in [-0.1, -0.05) is 12.2 Å².